The minimum absolute atomic E-state index is 0.0981. The summed E-state index contributed by atoms with van der Waals surface area (Å²) in [6.45, 7) is 4.13. The first kappa shape index (κ1) is 20.6. The van der Waals surface area contributed by atoms with Gasteiger partial charge in [0, 0.05) is 32.7 Å². The second-order valence-corrected chi connectivity index (χ2v) is 8.84. The average Bonchev–Trinajstić information content (AvgIpc) is 3.47. The van der Waals surface area contributed by atoms with Crippen molar-refractivity contribution in [3.05, 3.63) is 89.6 Å². The molecular formula is C25H25N5OS. The zero-order valence-corrected chi connectivity index (χ0v) is 18.6. The van der Waals surface area contributed by atoms with Gasteiger partial charge in [-0.2, -0.15) is 0 Å². The summed E-state index contributed by atoms with van der Waals surface area (Å²) in [5.41, 5.74) is 2.20. The number of amides is 1. The summed E-state index contributed by atoms with van der Waals surface area (Å²) in [6.07, 6.45) is 0.940. The molecule has 1 aliphatic rings. The zero-order chi connectivity index (χ0) is 21.8. The lowest BCUT2D eigenvalue weighted by Gasteiger charge is -2.21. The van der Waals surface area contributed by atoms with E-state index in [2.05, 4.69) is 39.2 Å². The van der Waals surface area contributed by atoms with Gasteiger partial charge in [0.05, 0.1) is 10.6 Å². The lowest BCUT2D eigenvalue weighted by molar-refractivity contribution is 0.0749. The summed E-state index contributed by atoms with van der Waals surface area (Å²) in [5.74, 6) is 0.864. The van der Waals surface area contributed by atoms with Crippen LogP contribution in [-0.2, 0) is 6.54 Å². The lowest BCUT2D eigenvalue weighted by Crippen LogP contribution is -2.35. The molecule has 1 saturated heterocycles. The number of benzene rings is 2. The maximum Gasteiger partial charge on any atom is 0.293 e. The third-order valence-corrected chi connectivity index (χ3v) is 6.53. The Morgan fingerprint density at radius 3 is 2.41 bits per heavy atom. The molecule has 2 aromatic carbocycles. The molecule has 1 fully saturated rings. The van der Waals surface area contributed by atoms with Crippen LogP contribution in [0.4, 0.5) is 0 Å². The van der Waals surface area contributed by atoms with Gasteiger partial charge in [-0.25, -0.2) is 9.67 Å². The number of carbonyl (C=O) groups excluding carboxylic acids is 1. The average molecular weight is 444 g/mol. The van der Waals surface area contributed by atoms with E-state index >= 15 is 0 Å². The number of rotatable bonds is 5. The zero-order valence-electron chi connectivity index (χ0n) is 17.8. The molecule has 0 N–H and O–H groups in total. The fourth-order valence-corrected chi connectivity index (χ4v) is 4.73. The van der Waals surface area contributed by atoms with E-state index < -0.39 is 0 Å². The minimum atomic E-state index is -0.0981. The largest absolute Gasteiger partial charge is 0.335 e. The first-order valence-corrected chi connectivity index (χ1v) is 11.8. The topological polar surface area (TPSA) is 54.3 Å². The van der Waals surface area contributed by atoms with E-state index in [1.54, 1.807) is 16.0 Å². The van der Waals surface area contributed by atoms with Crippen LogP contribution in [-0.4, -0.2) is 56.7 Å². The van der Waals surface area contributed by atoms with E-state index in [-0.39, 0.29) is 11.7 Å². The van der Waals surface area contributed by atoms with E-state index in [0.29, 0.717) is 12.4 Å². The molecule has 32 heavy (non-hydrogen) atoms. The Bertz CT molecular complexity index is 1160. The van der Waals surface area contributed by atoms with Crippen molar-refractivity contribution in [2.75, 3.05) is 26.2 Å². The van der Waals surface area contributed by atoms with Gasteiger partial charge >= 0.3 is 0 Å². The molecule has 0 unspecified atom stereocenters. The number of para-hydroxylation sites is 1. The first-order chi connectivity index (χ1) is 15.8. The monoisotopic (exact) mass is 443 g/mol. The van der Waals surface area contributed by atoms with Gasteiger partial charge in [0.2, 0.25) is 5.82 Å². The Labute approximate surface area is 191 Å². The van der Waals surface area contributed by atoms with Gasteiger partial charge < -0.3 is 4.90 Å². The van der Waals surface area contributed by atoms with Crippen LogP contribution in [0.15, 0.2) is 78.2 Å². The van der Waals surface area contributed by atoms with Crippen molar-refractivity contribution in [2.45, 2.75) is 13.0 Å². The lowest BCUT2D eigenvalue weighted by atomic mass is 10.2. The summed E-state index contributed by atoms with van der Waals surface area (Å²) in [7, 11) is 0. The molecule has 0 saturated carbocycles. The van der Waals surface area contributed by atoms with Crippen molar-refractivity contribution in [1.82, 2.24) is 24.6 Å². The Hall–Kier alpha value is -3.29. The Balaban J connectivity index is 1.35. The van der Waals surface area contributed by atoms with Crippen molar-refractivity contribution in [3.63, 3.8) is 0 Å². The van der Waals surface area contributed by atoms with Crippen molar-refractivity contribution in [2.24, 2.45) is 0 Å². The van der Waals surface area contributed by atoms with E-state index in [9.17, 15) is 4.79 Å². The fraction of sp³-hybridized carbons (Fsp3) is 0.240. The summed E-state index contributed by atoms with van der Waals surface area (Å²) in [6, 6.07) is 24.3. The Morgan fingerprint density at radius 2 is 1.66 bits per heavy atom. The molecule has 2 aromatic heterocycles. The van der Waals surface area contributed by atoms with E-state index in [0.717, 1.165) is 43.2 Å². The molecule has 0 bridgehead atoms. The highest BCUT2D eigenvalue weighted by Gasteiger charge is 2.25. The van der Waals surface area contributed by atoms with Gasteiger partial charge in [-0.3, -0.25) is 9.69 Å². The molecule has 5 rings (SSSR count). The molecule has 3 heterocycles. The molecular weight excluding hydrogens is 418 g/mol. The molecule has 162 valence electrons. The van der Waals surface area contributed by atoms with Crippen LogP contribution >= 0.6 is 11.3 Å². The van der Waals surface area contributed by atoms with Gasteiger partial charge in [0.15, 0.2) is 5.82 Å². The van der Waals surface area contributed by atoms with Crippen LogP contribution in [0, 0.1) is 0 Å². The summed E-state index contributed by atoms with van der Waals surface area (Å²) >= 11 is 1.60. The van der Waals surface area contributed by atoms with Crippen LogP contribution in [0.5, 0.6) is 0 Å². The third kappa shape index (κ3) is 4.49. The fourth-order valence-electron chi connectivity index (χ4n) is 4.03. The van der Waals surface area contributed by atoms with E-state index in [4.69, 9.17) is 0 Å². The molecule has 0 radical (unpaired) electrons. The number of hydrogen-bond acceptors (Lipinski definition) is 5. The van der Waals surface area contributed by atoms with Crippen LogP contribution < -0.4 is 0 Å². The number of aromatic nitrogens is 3. The summed E-state index contributed by atoms with van der Waals surface area (Å²) in [4.78, 5) is 23.3. The predicted molar refractivity (Wildman–Crippen MR) is 127 cm³/mol. The van der Waals surface area contributed by atoms with Gasteiger partial charge in [0.25, 0.3) is 5.91 Å². The minimum Gasteiger partial charge on any atom is -0.335 e. The quantitative estimate of drug-likeness (QED) is 0.460. The smallest absolute Gasteiger partial charge is 0.293 e. The molecule has 4 aromatic rings. The molecule has 0 atom stereocenters. The molecule has 6 nitrogen and oxygen atoms in total. The SMILES string of the molecule is O=C(c1nc(-c2cccs2)n(-c2ccccc2)n1)N1CCCN(Cc2ccccc2)CC1. The number of thiophene rings is 1. The van der Waals surface area contributed by atoms with Crippen LogP contribution in [0.2, 0.25) is 0 Å². The molecule has 7 heteroatoms. The highest BCUT2D eigenvalue weighted by Crippen LogP contribution is 2.26. The molecule has 1 amide bonds. The van der Waals surface area contributed by atoms with Crippen molar-refractivity contribution in [1.29, 1.82) is 0 Å². The summed E-state index contributed by atoms with van der Waals surface area (Å²) < 4.78 is 1.78. The predicted octanol–water partition coefficient (Wildman–Crippen LogP) is 4.34. The second kappa shape index (κ2) is 9.46. The number of nitrogens with zero attached hydrogens (tertiary/aromatic N) is 5. The highest BCUT2D eigenvalue weighted by molar-refractivity contribution is 7.13. The Kier molecular flexibility index (Phi) is 6.09. The van der Waals surface area contributed by atoms with Gasteiger partial charge in [-0.15, -0.1) is 16.4 Å². The van der Waals surface area contributed by atoms with Crippen molar-refractivity contribution in [3.8, 4) is 16.4 Å². The van der Waals surface area contributed by atoms with E-state index in [1.807, 2.05) is 58.8 Å². The second-order valence-electron chi connectivity index (χ2n) is 7.89. The van der Waals surface area contributed by atoms with Gasteiger partial charge in [0.1, 0.15) is 0 Å². The molecule has 1 aliphatic heterocycles. The van der Waals surface area contributed by atoms with E-state index in [1.165, 1.54) is 5.56 Å². The normalized spacial score (nSPS) is 14.9. The van der Waals surface area contributed by atoms with Crippen LogP contribution in [0.1, 0.15) is 22.6 Å². The summed E-state index contributed by atoms with van der Waals surface area (Å²) in [5, 5.41) is 6.65. The third-order valence-electron chi connectivity index (χ3n) is 5.67. The van der Waals surface area contributed by atoms with Gasteiger partial charge in [-0.05, 0) is 35.6 Å². The maximum absolute atomic E-state index is 13.4. The van der Waals surface area contributed by atoms with Gasteiger partial charge in [-0.1, -0.05) is 54.6 Å². The highest BCUT2D eigenvalue weighted by atomic mass is 32.1. The van der Waals surface area contributed by atoms with Crippen molar-refractivity contribution < 1.29 is 4.79 Å². The van der Waals surface area contributed by atoms with Crippen molar-refractivity contribution >= 4 is 17.2 Å². The molecule has 0 spiro atoms. The first-order valence-electron chi connectivity index (χ1n) is 10.9. The number of hydrogen-bond donors (Lipinski definition) is 0. The standard InChI is InChI=1S/C25H25N5OS/c31-25(29-15-8-14-28(16-17-29)19-20-9-3-1-4-10-20)23-26-24(22-13-7-18-32-22)30(27-23)21-11-5-2-6-12-21/h1-7,9-13,18H,8,14-17,19H2. The van der Waals surface area contributed by atoms with Crippen LogP contribution in [0.3, 0.4) is 0 Å². The van der Waals surface area contributed by atoms with Crippen LogP contribution in [0.25, 0.3) is 16.4 Å². The number of carbonyl (C=O) groups is 1. The molecule has 0 aliphatic carbocycles. The maximum atomic E-state index is 13.4. The Morgan fingerprint density at radius 1 is 0.875 bits per heavy atom.